The molecule has 3 heterocycles. The van der Waals surface area contributed by atoms with Crippen molar-refractivity contribution in [1.82, 2.24) is 9.29 Å². The predicted octanol–water partition coefficient (Wildman–Crippen LogP) is 3.73. The average Bonchev–Trinajstić information content (AvgIpc) is 2.90. The molecule has 1 atom stereocenters. The quantitative estimate of drug-likeness (QED) is 0.565. The van der Waals surface area contributed by atoms with Crippen LogP contribution < -0.4 is 10.2 Å². The van der Waals surface area contributed by atoms with Gasteiger partial charge in [0.1, 0.15) is 5.82 Å². The molecule has 9 heteroatoms. The zero-order valence-corrected chi connectivity index (χ0v) is 21.6. The Hall–Kier alpha value is -3.01. The number of benzene rings is 2. The molecule has 0 aliphatic carbocycles. The minimum Gasteiger partial charge on any atom is -0.379 e. The van der Waals surface area contributed by atoms with Crippen LogP contribution in [0.5, 0.6) is 0 Å². The summed E-state index contributed by atoms with van der Waals surface area (Å²) in [4.78, 5) is 20.2. The van der Waals surface area contributed by atoms with E-state index in [1.807, 2.05) is 38.1 Å². The second-order valence-electron chi connectivity index (χ2n) is 9.63. The van der Waals surface area contributed by atoms with Gasteiger partial charge in [0.2, 0.25) is 15.9 Å². The second kappa shape index (κ2) is 10.2. The van der Waals surface area contributed by atoms with Crippen molar-refractivity contribution >= 4 is 38.3 Å². The molecule has 1 amide bonds. The first-order valence-electron chi connectivity index (χ1n) is 12.4. The van der Waals surface area contributed by atoms with E-state index in [2.05, 4.69) is 16.3 Å². The Morgan fingerprint density at radius 1 is 1.03 bits per heavy atom. The number of anilines is 2. The molecule has 0 saturated carbocycles. The summed E-state index contributed by atoms with van der Waals surface area (Å²) in [6.45, 7) is 7.03. The third-order valence-corrected chi connectivity index (χ3v) is 8.90. The van der Waals surface area contributed by atoms with Crippen LogP contribution in [0, 0.1) is 19.8 Å². The first kappa shape index (κ1) is 24.7. The highest BCUT2D eigenvalue weighted by Crippen LogP contribution is 2.27. The summed E-state index contributed by atoms with van der Waals surface area (Å²) in [5, 5.41) is 3.87. The van der Waals surface area contributed by atoms with Gasteiger partial charge in [-0.3, -0.25) is 4.79 Å². The first-order chi connectivity index (χ1) is 17.3. The van der Waals surface area contributed by atoms with Crippen LogP contribution in [0.3, 0.4) is 0 Å². The molecular weight excluding hydrogens is 476 g/mol. The molecule has 0 spiro atoms. The number of hydrogen-bond donors (Lipinski definition) is 1. The van der Waals surface area contributed by atoms with E-state index in [4.69, 9.17) is 9.72 Å². The molecule has 2 aliphatic rings. The summed E-state index contributed by atoms with van der Waals surface area (Å²) < 4.78 is 32.8. The highest BCUT2D eigenvalue weighted by molar-refractivity contribution is 7.89. The number of nitrogens with one attached hydrogen (secondary N) is 1. The van der Waals surface area contributed by atoms with E-state index in [0.717, 1.165) is 47.4 Å². The lowest BCUT2D eigenvalue weighted by Crippen LogP contribution is -2.41. The number of nitrogens with zero attached hydrogens (tertiary/aromatic N) is 3. The number of aromatic nitrogens is 1. The van der Waals surface area contributed by atoms with Crippen molar-refractivity contribution in [3.8, 4) is 0 Å². The number of sulfonamides is 1. The molecule has 5 rings (SSSR count). The molecular formula is C27H32N4O4S. The van der Waals surface area contributed by atoms with Gasteiger partial charge in [-0.2, -0.15) is 4.31 Å². The topological polar surface area (TPSA) is 91.8 Å². The zero-order valence-electron chi connectivity index (χ0n) is 20.7. The third-order valence-electron chi connectivity index (χ3n) is 7.01. The Bertz CT molecular complexity index is 1390. The number of aryl methyl sites for hydroxylation is 2. The van der Waals surface area contributed by atoms with Crippen molar-refractivity contribution in [3.63, 3.8) is 0 Å². The number of pyridine rings is 1. The van der Waals surface area contributed by atoms with Crippen LogP contribution in [0.1, 0.15) is 24.0 Å². The van der Waals surface area contributed by atoms with Crippen LogP contribution >= 0.6 is 0 Å². The maximum Gasteiger partial charge on any atom is 0.243 e. The molecule has 190 valence electrons. The standard InChI is InChI=1S/C27H32N4O4S/c1-19-5-8-24(20(2)16-19)29-27(32)22-4-3-11-30(18-22)26-10-6-21-17-23(7-9-25(21)28-26)36(33,34)31-12-14-35-15-13-31/h5-10,16-17,22H,3-4,11-15,18H2,1-2H3,(H,29,32)/t22-/m0/s1. The zero-order chi connectivity index (χ0) is 25.3. The lowest BCUT2D eigenvalue weighted by molar-refractivity contribution is -0.120. The van der Waals surface area contributed by atoms with Gasteiger partial charge in [-0.15, -0.1) is 0 Å². The van der Waals surface area contributed by atoms with Crippen LogP contribution in [0.15, 0.2) is 53.4 Å². The van der Waals surface area contributed by atoms with E-state index in [-0.39, 0.29) is 16.7 Å². The molecule has 0 bridgehead atoms. The van der Waals surface area contributed by atoms with Crippen molar-refractivity contribution in [1.29, 1.82) is 0 Å². The molecule has 2 fully saturated rings. The van der Waals surface area contributed by atoms with Gasteiger partial charge in [-0.1, -0.05) is 17.7 Å². The van der Waals surface area contributed by atoms with E-state index in [1.54, 1.807) is 18.2 Å². The van der Waals surface area contributed by atoms with Crippen LogP contribution in [-0.4, -0.2) is 63.0 Å². The van der Waals surface area contributed by atoms with E-state index in [0.29, 0.717) is 32.8 Å². The number of carbonyl (C=O) groups excluding carboxylic acids is 1. The Balaban J connectivity index is 1.31. The largest absolute Gasteiger partial charge is 0.379 e. The lowest BCUT2D eigenvalue weighted by atomic mass is 9.96. The molecule has 2 saturated heterocycles. The number of hydrogen-bond acceptors (Lipinski definition) is 6. The molecule has 1 N–H and O–H groups in total. The summed E-state index contributed by atoms with van der Waals surface area (Å²) in [6, 6.07) is 14.9. The van der Waals surface area contributed by atoms with Gasteiger partial charge in [0.15, 0.2) is 0 Å². The van der Waals surface area contributed by atoms with Crippen LogP contribution in [0.25, 0.3) is 10.9 Å². The van der Waals surface area contributed by atoms with Gasteiger partial charge in [-0.25, -0.2) is 13.4 Å². The fourth-order valence-electron chi connectivity index (χ4n) is 4.95. The Morgan fingerprint density at radius 2 is 1.83 bits per heavy atom. The second-order valence-corrected chi connectivity index (χ2v) is 11.6. The number of fused-ring (bicyclic) bond motifs is 1. The number of rotatable bonds is 5. The van der Waals surface area contributed by atoms with Gasteiger partial charge in [0, 0.05) is 37.3 Å². The van der Waals surface area contributed by atoms with Crippen molar-refractivity contribution in [2.45, 2.75) is 31.6 Å². The molecule has 8 nitrogen and oxygen atoms in total. The summed E-state index contributed by atoms with van der Waals surface area (Å²) in [5.41, 5.74) is 3.81. The van der Waals surface area contributed by atoms with E-state index in [1.165, 1.54) is 9.87 Å². The van der Waals surface area contributed by atoms with Gasteiger partial charge in [-0.05, 0) is 68.7 Å². The number of carbonyl (C=O) groups is 1. The lowest BCUT2D eigenvalue weighted by Gasteiger charge is -2.33. The van der Waals surface area contributed by atoms with Gasteiger partial charge >= 0.3 is 0 Å². The van der Waals surface area contributed by atoms with Gasteiger partial charge in [0.05, 0.1) is 29.5 Å². The maximum atomic E-state index is 13.0. The van der Waals surface area contributed by atoms with Gasteiger partial charge < -0.3 is 15.0 Å². The van der Waals surface area contributed by atoms with E-state index >= 15 is 0 Å². The van der Waals surface area contributed by atoms with Crippen LogP contribution in [0.4, 0.5) is 11.5 Å². The SMILES string of the molecule is Cc1ccc(NC(=O)[C@H]2CCCN(c3ccc4cc(S(=O)(=O)N5CCOCC5)ccc4n3)C2)c(C)c1. The van der Waals surface area contributed by atoms with Crippen molar-refractivity contribution in [2.75, 3.05) is 49.6 Å². The summed E-state index contributed by atoms with van der Waals surface area (Å²) in [7, 11) is -3.56. The summed E-state index contributed by atoms with van der Waals surface area (Å²) in [6.07, 6.45) is 1.74. The maximum absolute atomic E-state index is 13.0. The number of piperidine rings is 1. The molecule has 0 radical (unpaired) electrons. The van der Waals surface area contributed by atoms with Crippen molar-refractivity contribution in [3.05, 3.63) is 59.7 Å². The van der Waals surface area contributed by atoms with E-state index in [9.17, 15) is 13.2 Å². The highest BCUT2D eigenvalue weighted by atomic mass is 32.2. The fourth-order valence-corrected chi connectivity index (χ4v) is 6.40. The molecule has 1 aromatic heterocycles. The normalized spacial score (nSPS) is 19.4. The number of morpholine rings is 1. The summed E-state index contributed by atoms with van der Waals surface area (Å²) >= 11 is 0. The first-order valence-corrected chi connectivity index (χ1v) is 13.9. The smallest absolute Gasteiger partial charge is 0.243 e. The molecule has 3 aromatic rings. The molecule has 0 unspecified atom stereocenters. The minimum atomic E-state index is -3.56. The van der Waals surface area contributed by atoms with Crippen LogP contribution in [0.2, 0.25) is 0 Å². The number of amides is 1. The Labute approximate surface area is 212 Å². The van der Waals surface area contributed by atoms with Crippen molar-refractivity contribution < 1.29 is 17.9 Å². The van der Waals surface area contributed by atoms with Crippen molar-refractivity contribution in [2.24, 2.45) is 5.92 Å². The average molecular weight is 509 g/mol. The molecule has 2 aliphatic heterocycles. The molecule has 36 heavy (non-hydrogen) atoms. The number of ether oxygens (including phenoxy) is 1. The summed E-state index contributed by atoms with van der Waals surface area (Å²) in [5.74, 6) is 0.707. The van der Waals surface area contributed by atoms with E-state index < -0.39 is 10.0 Å². The Morgan fingerprint density at radius 3 is 2.61 bits per heavy atom. The molecule has 2 aromatic carbocycles. The third kappa shape index (κ3) is 5.09. The minimum absolute atomic E-state index is 0.0328. The fraction of sp³-hybridized carbons (Fsp3) is 0.407. The van der Waals surface area contributed by atoms with Gasteiger partial charge in [0.25, 0.3) is 0 Å². The monoisotopic (exact) mass is 508 g/mol. The Kier molecular flexibility index (Phi) is 6.96. The highest BCUT2D eigenvalue weighted by Gasteiger charge is 2.28. The van der Waals surface area contributed by atoms with Crippen LogP contribution in [-0.2, 0) is 19.6 Å². The predicted molar refractivity (Wildman–Crippen MR) is 141 cm³/mol.